The van der Waals surface area contributed by atoms with Crippen molar-refractivity contribution >= 4 is 16.7 Å². The predicted octanol–water partition coefficient (Wildman–Crippen LogP) is 4.64. The molecule has 4 aromatic heterocycles. The number of ether oxygens (including phenoxy) is 1. The first kappa shape index (κ1) is 23.1. The van der Waals surface area contributed by atoms with Crippen LogP contribution in [0.2, 0.25) is 0 Å². The lowest BCUT2D eigenvalue weighted by molar-refractivity contribution is -0.140. The molecule has 0 spiro atoms. The topological polar surface area (TPSA) is 95.6 Å². The van der Waals surface area contributed by atoms with Gasteiger partial charge in [0.1, 0.15) is 23.2 Å². The first-order valence-electron chi connectivity index (χ1n) is 11.5. The highest BCUT2D eigenvalue weighted by atomic mass is 19.4. The van der Waals surface area contributed by atoms with Gasteiger partial charge in [0, 0.05) is 43.0 Å². The number of aromatic nitrogens is 7. The van der Waals surface area contributed by atoms with E-state index in [4.69, 9.17) is 9.84 Å². The van der Waals surface area contributed by atoms with Crippen LogP contribution in [0.5, 0.6) is 5.88 Å². The van der Waals surface area contributed by atoms with Crippen molar-refractivity contribution in [2.45, 2.75) is 50.9 Å². The summed E-state index contributed by atoms with van der Waals surface area (Å²) in [5, 5.41) is 20.5. The SMILES string of the molecule is CCNc1cc2c(cn1)c(-c1cnn(C)c1)nn2[C@H]1CC[C@@H](Oc2nnccc2C(F)(F)F)CC1. The van der Waals surface area contributed by atoms with E-state index in [1.165, 1.54) is 0 Å². The molecular weight excluding hydrogens is 461 g/mol. The summed E-state index contributed by atoms with van der Waals surface area (Å²) in [7, 11) is 1.85. The van der Waals surface area contributed by atoms with Crippen LogP contribution in [-0.4, -0.2) is 47.4 Å². The molecular formula is C23H25F3N8O. The Morgan fingerprint density at radius 3 is 2.66 bits per heavy atom. The molecule has 1 aliphatic rings. The van der Waals surface area contributed by atoms with Gasteiger partial charge in [0.2, 0.25) is 5.88 Å². The van der Waals surface area contributed by atoms with E-state index < -0.39 is 17.6 Å². The minimum Gasteiger partial charge on any atom is -0.473 e. The number of anilines is 1. The summed E-state index contributed by atoms with van der Waals surface area (Å²) in [6.07, 6.45) is 4.16. The van der Waals surface area contributed by atoms with E-state index in [0.29, 0.717) is 25.7 Å². The van der Waals surface area contributed by atoms with Crippen molar-refractivity contribution in [1.29, 1.82) is 0 Å². The van der Waals surface area contributed by atoms with Gasteiger partial charge in [-0.2, -0.15) is 28.5 Å². The van der Waals surface area contributed by atoms with Crippen molar-refractivity contribution in [2.24, 2.45) is 7.05 Å². The number of aryl methyl sites for hydroxylation is 1. The molecule has 5 rings (SSSR count). The van der Waals surface area contributed by atoms with Gasteiger partial charge in [0.25, 0.3) is 0 Å². The van der Waals surface area contributed by atoms with Crippen molar-refractivity contribution in [3.8, 4) is 17.1 Å². The molecule has 1 saturated carbocycles. The van der Waals surface area contributed by atoms with Crippen molar-refractivity contribution < 1.29 is 17.9 Å². The average Bonchev–Trinajstić information content (AvgIpc) is 3.43. The molecule has 0 aromatic carbocycles. The summed E-state index contributed by atoms with van der Waals surface area (Å²) >= 11 is 0. The summed E-state index contributed by atoms with van der Waals surface area (Å²) in [4.78, 5) is 4.52. The standard InChI is InChI=1S/C23H25F3N8O/c1-3-27-20-10-19-17(12-28-20)21(14-11-30-33(2)13-14)32-34(19)15-4-6-16(7-5-15)35-22-18(23(24,25)26)8-9-29-31-22/h8-13,15-16H,3-7H2,1-2H3,(H,27,28)/t15-,16+. The van der Waals surface area contributed by atoms with E-state index in [1.807, 2.05) is 37.1 Å². The Morgan fingerprint density at radius 1 is 1.17 bits per heavy atom. The fraction of sp³-hybridized carbons (Fsp3) is 0.435. The molecule has 4 heterocycles. The third-order valence-corrected chi connectivity index (χ3v) is 6.19. The van der Waals surface area contributed by atoms with E-state index in [-0.39, 0.29) is 12.1 Å². The number of halogens is 3. The van der Waals surface area contributed by atoms with Crippen LogP contribution >= 0.6 is 0 Å². The van der Waals surface area contributed by atoms with Crippen molar-refractivity contribution in [2.75, 3.05) is 11.9 Å². The van der Waals surface area contributed by atoms with Gasteiger partial charge in [-0.05, 0) is 38.7 Å². The second-order valence-corrected chi connectivity index (χ2v) is 8.61. The predicted molar refractivity (Wildman–Crippen MR) is 123 cm³/mol. The molecule has 1 N–H and O–H groups in total. The lowest BCUT2D eigenvalue weighted by Gasteiger charge is -2.29. The monoisotopic (exact) mass is 486 g/mol. The molecule has 0 unspecified atom stereocenters. The lowest BCUT2D eigenvalue weighted by atomic mass is 9.93. The van der Waals surface area contributed by atoms with Crippen LogP contribution in [0.4, 0.5) is 19.0 Å². The van der Waals surface area contributed by atoms with Gasteiger partial charge >= 0.3 is 6.18 Å². The second kappa shape index (κ2) is 9.16. The zero-order valence-electron chi connectivity index (χ0n) is 19.3. The van der Waals surface area contributed by atoms with Crippen molar-refractivity contribution in [1.82, 2.24) is 34.7 Å². The molecule has 1 fully saturated rings. The maximum Gasteiger partial charge on any atom is 0.421 e. The van der Waals surface area contributed by atoms with Gasteiger partial charge in [-0.1, -0.05) is 0 Å². The Kier molecular flexibility index (Phi) is 6.03. The first-order chi connectivity index (χ1) is 16.8. The van der Waals surface area contributed by atoms with E-state index in [9.17, 15) is 13.2 Å². The number of nitrogens with zero attached hydrogens (tertiary/aromatic N) is 7. The van der Waals surface area contributed by atoms with Crippen LogP contribution in [0.3, 0.4) is 0 Å². The Balaban J connectivity index is 1.39. The molecule has 0 amide bonds. The summed E-state index contributed by atoms with van der Waals surface area (Å²) < 4.78 is 49.3. The maximum absolute atomic E-state index is 13.3. The molecule has 0 aliphatic heterocycles. The smallest absolute Gasteiger partial charge is 0.421 e. The number of hydrogen-bond acceptors (Lipinski definition) is 7. The lowest BCUT2D eigenvalue weighted by Crippen LogP contribution is -2.27. The van der Waals surface area contributed by atoms with Gasteiger partial charge in [-0.15, -0.1) is 5.10 Å². The third kappa shape index (κ3) is 4.64. The van der Waals surface area contributed by atoms with Gasteiger partial charge < -0.3 is 10.1 Å². The summed E-state index contributed by atoms with van der Waals surface area (Å²) in [6, 6.07) is 2.95. The van der Waals surface area contributed by atoms with Crippen LogP contribution in [0.1, 0.15) is 44.2 Å². The van der Waals surface area contributed by atoms with E-state index in [1.54, 1.807) is 10.9 Å². The van der Waals surface area contributed by atoms with E-state index >= 15 is 0 Å². The molecule has 184 valence electrons. The number of alkyl halides is 3. The Hall–Kier alpha value is -3.70. The van der Waals surface area contributed by atoms with Gasteiger partial charge in [0.15, 0.2) is 0 Å². The summed E-state index contributed by atoms with van der Waals surface area (Å²) in [5.41, 5.74) is 1.75. The summed E-state index contributed by atoms with van der Waals surface area (Å²) in [6.45, 7) is 2.75. The number of rotatable bonds is 6. The Morgan fingerprint density at radius 2 is 1.97 bits per heavy atom. The Labute approximate surface area is 199 Å². The molecule has 12 heteroatoms. The highest BCUT2D eigenvalue weighted by Gasteiger charge is 2.37. The highest BCUT2D eigenvalue weighted by Crippen LogP contribution is 2.38. The van der Waals surface area contributed by atoms with Crippen LogP contribution in [0, 0.1) is 0 Å². The van der Waals surface area contributed by atoms with E-state index in [0.717, 1.165) is 46.8 Å². The van der Waals surface area contributed by atoms with Gasteiger partial charge in [-0.3, -0.25) is 9.36 Å². The maximum atomic E-state index is 13.3. The molecule has 1 aliphatic carbocycles. The third-order valence-electron chi connectivity index (χ3n) is 6.19. The van der Waals surface area contributed by atoms with Crippen LogP contribution in [0.15, 0.2) is 36.9 Å². The molecule has 0 saturated heterocycles. The van der Waals surface area contributed by atoms with Gasteiger partial charge in [-0.25, -0.2) is 4.98 Å². The van der Waals surface area contributed by atoms with Crippen LogP contribution < -0.4 is 10.1 Å². The molecule has 4 aromatic rings. The largest absolute Gasteiger partial charge is 0.473 e. The van der Waals surface area contributed by atoms with E-state index in [2.05, 4.69) is 25.6 Å². The minimum absolute atomic E-state index is 0.0728. The number of nitrogens with one attached hydrogen (secondary N) is 1. The van der Waals surface area contributed by atoms with Gasteiger partial charge in [0.05, 0.1) is 24.0 Å². The quantitative estimate of drug-likeness (QED) is 0.424. The molecule has 0 atom stereocenters. The zero-order chi connectivity index (χ0) is 24.6. The minimum atomic E-state index is -4.54. The fourth-order valence-corrected chi connectivity index (χ4v) is 4.53. The molecule has 9 nitrogen and oxygen atoms in total. The fourth-order valence-electron chi connectivity index (χ4n) is 4.53. The zero-order valence-corrected chi connectivity index (χ0v) is 19.3. The van der Waals surface area contributed by atoms with Crippen LogP contribution in [0.25, 0.3) is 22.2 Å². The number of pyridine rings is 1. The molecule has 0 radical (unpaired) electrons. The normalized spacial score (nSPS) is 18.7. The number of hydrogen-bond donors (Lipinski definition) is 1. The highest BCUT2D eigenvalue weighted by molar-refractivity contribution is 5.93. The molecule has 0 bridgehead atoms. The Bertz CT molecular complexity index is 1320. The number of fused-ring (bicyclic) bond motifs is 1. The van der Waals surface area contributed by atoms with Crippen LogP contribution in [-0.2, 0) is 13.2 Å². The first-order valence-corrected chi connectivity index (χ1v) is 11.5. The average molecular weight is 487 g/mol. The second-order valence-electron chi connectivity index (χ2n) is 8.61. The molecule has 35 heavy (non-hydrogen) atoms. The summed E-state index contributed by atoms with van der Waals surface area (Å²) in [5.74, 6) is 0.298. The van der Waals surface area contributed by atoms with Crippen molar-refractivity contribution in [3.63, 3.8) is 0 Å². The van der Waals surface area contributed by atoms with Crippen molar-refractivity contribution in [3.05, 3.63) is 42.5 Å².